The fourth-order valence-corrected chi connectivity index (χ4v) is 6.28. The number of rotatable bonds is 7. The van der Waals surface area contributed by atoms with Crippen LogP contribution in [-0.2, 0) is 12.0 Å². The highest BCUT2D eigenvalue weighted by Gasteiger charge is 2.40. The highest BCUT2D eigenvalue weighted by molar-refractivity contribution is 7.99. The number of aromatic amines is 1. The second-order valence-corrected chi connectivity index (χ2v) is 10.9. The summed E-state index contributed by atoms with van der Waals surface area (Å²) < 4.78 is 66.4. The van der Waals surface area contributed by atoms with E-state index in [0.717, 1.165) is 29.0 Å². The molecule has 11 heteroatoms. The lowest BCUT2D eigenvalue weighted by Gasteiger charge is -2.38. The average Bonchev–Trinajstić information content (AvgIpc) is 3.70. The molecule has 2 atom stereocenters. The second-order valence-electron chi connectivity index (χ2n) is 10.1. The van der Waals surface area contributed by atoms with Crippen molar-refractivity contribution in [2.24, 2.45) is 0 Å². The van der Waals surface area contributed by atoms with E-state index < -0.39 is 23.6 Å². The number of hydrogen-bond donors (Lipinski definition) is 4. The van der Waals surface area contributed by atoms with E-state index in [9.17, 15) is 8.78 Å². The van der Waals surface area contributed by atoms with Crippen LogP contribution in [0.15, 0.2) is 65.5 Å². The third kappa shape index (κ3) is 5.05. The molecule has 0 spiro atoms. The summed E-state index contributed by atoms with van der Waals surface area (Å²) in [6, 6.07) is 12.0. The van der Waals surface area contributed by atoms with Crippen LogP contribution in [-0.4, -0.2) is 32.1 Å². The summed E-state index contributed by atoms with van der Waals surface area (Å²) in [5.41, 5.74) is 3.03. The number of benzene rings is 3. The van der Waals surface area contributed by atoms with Crippen molar-refractivity contribution in [2.75, 3.05) is 27.1 Å². The van der Waals surface area contributed by atoms with E-state index in [1.807, 2.05) is 25.4 Å². The number of fused-ring (bicyclic) bond motifs is 2. The third-order valence-electron chi connectivity index (χ3n) is 7.71. The maximum Gasteiger partial charge on any atom is 0.204 e. The highest BCUT2D eigenvalue weighted by atomic mass is 32.2. The van der Waals surface area contributed by atoms with Crippen molar-refractivity contribution in [3.8, 4) is 17.2 Å². The molecule has 0 aliphatic carbocycles. The first-order chi connectivity index (χ1) is 20.4. The Kier molecular flexibility index (Phi) is 8.60. The van der Waals surface area contributed by atoms with Crippen LogP contribution >= 0.6 is 11.8 Å². The van der Waals surface area contributed by atoms with Crippen LogP contribution in [0.3, 0.4) is 0 Å². The van der Waals surface area contributed by atoms with E-state index in [-0.39, 0.29) is 28.0 Å². The Morgan fingerprint density at radius 1 is 1.12 bits per heavy atom. The average molecular weight is 601 g/mol. The van der Waals surface area contributed by atoms with Gasteiger partial charge in [0.15, 0.2) is 11.6 Å². The zero-order valence-electron chi connectivity index (χ0n) is 23.6. The van der Waals surface area contributed by atoms with Gasteiger partial charge in [-0.05, 0) is 50.9 Å². The van der Waals surface area contributed by atoms with Gasteiger partial charge in [0, 0.05) is 52.1 Å². The van der Waals surface area contributed by atoms with Crippen molar-refractivity contribution in [3.63, 3.8) is 0 Å². The lowest BCUT2D eigenvalue weighted by atomic mass is 9.74. The summed E-state index contributed by atoms with van der Waals surface area (Å²) in [6.07, 6.45) is 5.34. The number of hydrogen-bond acceptors (Lipinski definition) is 6. The maximum atomic E-state index is 15.1. The van der Waals surface area contributed by atoms with E-state index in [1.54, 1.807) is 18.5 Å². The molecule has 0 saturated heterocycles. The Labute approximate surface area is 245 Å². The summed E-state index contributed by atoms with van der Waals surface area (Å²) in [6.45, 7) is 3.38. The Hall–Kier alpha value is -3.83. The van der Waals surface area contributed by atoms with Crippen LogP contribution in [0.2, 0.25) is 0 Å². The summed E-state index contributed by atoms with van der Waals surface area (Å²) in [7, 11) is 2.40. The minimum Gasteiger partial charge on any atom is -0.493 e. The van der Waals surface area contributed by atoms with Gasteiger partial charge in [-0.2, -0.15) is 4.39 Å². The molecule has 0 saturated carbocycles. The third-order valence-corrected chi connectivity index (χ3v) is 8.52. The highest BCUT2D eigenvalue weighted by Crippen LogP contribution is 2.46. The standard InChI is InChI=1S/C30H29F3N4O2S.CH3F/c1-30(10-12-38-26-16(14-34-2)5-4-6-20(26)30)22-15-36-29(37-22)19-13-17(7-8-21(19)31)39-27-24(33)23(32)25-18(9-11-35-25)28(27)40-3;1-2/h4-9,11,13,15,29,34-37H,10,12,14H2,1-3H3;1H3. The summed E-state index contributed by atoms with van der Waals surface area (Å²) in [4.78, 5) is 3.18. The summed E-state index contributed by atoms with van der Waals surface area (Å²) >= 11 is 1.25. The van der Waals surface area contributed by atoms with Gasteiger partial charge in [0.25, 0.3) is 0 Å². The van der Waals surface area contributed by atoms with Gasteiger partial charge in [0.1, 0.15) is 23.5 Å². The zero-order chi connectivity index (χ0) is 30.0. The number of allylic oxidation sites excluding steroid dienone is 1. The van der Waals surface area contributed by atoms with Crippen molar-refractivity contribution in [1.82, 2.24) is 20.9 Å². The van der Waals surface area contributed by atoms with Gasteiger partial charge in [0.2, 0.25) is 5.82 Å². The number of aromatic nitrogens is 1. The van der Waals surface area contributed by atoms with Crippen molar-refractivity contribution in [3.05, 3.63) is 94.7 Å². The molecule has 2 unspecified atom stereocenters. The number of nitrogens with one attached hydrogen (secondary N) is 4. The van der Waals surface area contributed by atoms with Crippen LogP contribution in [0, 0.1) is 17.5 Å². The fourth-order valence-electron chi connectivity index (χ4n) is 5.57. The molecule has 0 bridgehead atoms. The molecule has 0 fully saturated rings. The monoisotopic (exact) mass is 600 g/mol. The van der Waals surface area contributed by atoms with Gasteiger partial charge < -0.3 is 30.4 Å². The lowest BCUT2D eigenvalue weighted by Crippen LogP contribution is -2.37. The molecule has 6 nitrogen and oxygen atoms in total. The molecule has 1 aromatic heterocycles. The molecule has 3 aromatic carbocycles. The molecule has 4 aromatic rings. The van der Waals surface area contributed by atoms with Crippen molar-refractivity contribution in [2.45, 2.75) is 36.4 Å². The van der Waals surface area contributed by atoms with Crippen molar-refractivity contribution in [1.29, 1.82) is 0 Å². The zero-order valence-corrected chi connectivity index (χ0v) is 24.4. The largest absolute Gasteiger partial charge is 0.493 e. The topological polar surface area (TPSA) is 70.3 Å². The smallest absolute Gasteiger partial charge is 0.204 e. The van der Waals surface area contributed by atoms with Gasteiger partial charge in [-0.15, -0.1) is 11.8 Å². The molecule has 2 aliphatic heterocycles. The quantitative estimate of drug-likeness (QED) is 0.133. The number of H-pyrrole nitrogens is 1. The van der Waals surface area contributed by atoms with Crippen LogP contribution in [0.5, 0.6) is 17.2 Å². The SMILES string of the molecule is CF.CNCc1cccc2c1OCCC2(C)C1=CNC(c2cc(Oc3c(F)c(F)c4[nH]ccc4c3SC)ccc2F)N1. The van der Waals surface area contributed by atoms with Gasteiger partial charge in [-0.25, -0.2) is 8.78 Å². The Morgan fingerprint density at radius 2 is 1.93 bits per heavy atom. The van der Waals surface area contributed by atoms with Crippen LogP contribution in [0.1, 0.15) is 36.2 Å². The molecule has 42 heavy (non-hydrogen) atoms. The molecule has 222 valence electrons. The van der Waals surface area contributed by atoms with Crippen molar-refractivity contribution < 1.29 is 27.0 Å². The van der Waals surface area contributed by atoms with Crippen LogP contribution in [0.25, 0.3) is 10.9 Å². The van der Waals surface area contributed by atoms with E-state index in [0.29, 0.717) is 30.6 Å². The number of alkyl halides is 1. The lowest BCUT2D eigenvalue weighted by molar-refractivity contribution is 0.234. The van der Waals surface area contributed by atoms with E-state index in [2.05, 4.69) is 33.9 Å². The van der Waals surface area contributed by atoms with Gasteiger partial charge in [0.05, 0.1) is 24.2 Å². The molecule has 0 amide bonds. The first kappa shape index (κ1) is 29.7. The summed E-state index contributed by atoms with van der Waals surface area (Å²) in [5, 5.41) is 10.4. The van der Waals surface area contributed by atoms with Crippen LogP contribution in [0.4, 0.5) is 17.6 Å². The molecule has 6 rings (SSSR count). The van der Waals surface area contributed by atoms with Gasteiger partial charge in [-0.1, -0.05) is 18.2 Å². The van der Waals surface area contributed by atoms with Crippen LogP contribution < -0.4 is 25.4 Å². The van der Waals surface area contributed by atoms with Crippen molar-refractivity contribution >= 4 is 22.7 Å². The van der Waals surface area contributed by atoms with Gasteiger partial charge in [-0.3, -0.25) is 4.39 Å². The first-order valence-corrected chi connectivity index (χ1v) is 14.6. The number of ether oxygens (including phenoxy) is 2. The predicted octanol–water partition coefficient (Wildman–Crippen LogP) is 7.18. The predicted molar refractivity (Wildman–Crippen MR) is 157 cm³/mol. The van der Waals surface area contributed by atoms with E-state index in [1.165, 1.54) is 30.0 Å². The first-order valence-electron chi connectivity index (χ1n) is 13.4. The number of halogens is 4. The van der Waals surface area contributed by atoms with E-state index >= 15 is 8.78 Å². The van der Waals surface area contributed by atoms with E-state index in [4.69, 9.17) is 9.47 Å². The molecule has 2 aliphatic rings. The molecule has 4 N–H and O–H groups in total. The fraction of sp³-hybridized carbons (Fsp3) is 0.290. The second kappa shape index (κ2) is 12.2. The molecular weight excluding hydrogens is 568 g/mol. The maximum absolute atomic E-state index is 15.1. The Morgan fingerprint density at radius 3 is 2.69 bits per heavy atom. The normalized spacial score (nSPS) is 19.1. The van der Waals surface area contributed by atoms with Gasteiger partial charge >= 0.3 is 0 Å². The molecular formula is C31H32F4N4O2S. The Bertz CT molecular complexity index is 1640. The summed E-state index contributed by atoms with van der Waals surface area (Å²) in [5.74, 6) is -1.75. The molecule has 0 radical (unpaired) electrons. The minimum atomic E-state index is -1.10. The number of thioether (sulfide) groups is 1. The Balaban J connectivity index is 0.00000173. The molecule has 3 heterocycles. The number of para-hydroxylation sites is 1. The minimum absolute atomic E-state index is 0.0770.